The van der Waals surface area contributed by atoms with E-state index in [0.717, 1.165) is 78.1 Å². The molecule has 3 N–H and O–H groups in total. The fourth-order valence-electron chi connectivity index (χ4n) is 4.96. The number of carbonyl (C=O) groups excluding carboxylic acids is 2. The van der Waals surface area contributed by atoms with Gasteiger partial charge in [-0.1, -0.05) is 36.4 Å². The Balaban J connectivity index is 1.41. The number of thiophene rings is 1. The average Bonchev–Trinajstić information content (AvgIpc) is 3.50. The van der Waals surface area contributed by atoms with E-state index < -0.39 is 6.09 Å². The van der Waals surface area contributed by atoms with Gasteiger partial charge in [0.1, 0.15) is 5.78 Å². The van der Waals surface area contributed by atoms with Crippen LogP contribution in [0, 0.1) is 6.92 Å². The van der Waals surface area contributed by atoms with E-state index in [4.69, 9.17) is 10.5 Å². The molecule has 8 nitrogen and oxygen atoms in total. The van der Waals surface area contributed by atoms with Crippen LogP contribution in [-0.4, -0.2) is 64.6 Å². The number of benzene rings is 2. The van der Waals surface area contributed by atoms with Gasteiger partial charge in [0.15, 0.2) is 5.06 Å². The molecule has 0 aliphatic carbocycles. The Morgan fingerprint density at radius 3 is 2.62 bits per heavy atom. The molecule has 0 radical (unpaired) electrons. The van der Waals surface area contributed by atoms with E-state index in [1.54, 1.807) is 6.92 Å². The molecule has 5 rings (SSSR count). The van der Waals surface area contributed by atoms with Gasteiger partial charge in [-0.2, -0.15) is 5.10 Å². The SMILES string of the molecule is CC(=O)CCN1CCN(Cc2ccc(/C=C/c3n[nH]c4ccccc34)c(-c3csc(OC(N)=O)c3C)c2)CC1. The molecule has 9 heteroatoms. The lowest BCUT2D eigenvalue weighted by molar-refractivity contribution is -0.117. The lowest BCUT2D eigenvalue weighted by atomic mass is 9.96. The summed E-state index contributed by atoms with van der Waals surface area (Å²) >= 11 is 1.37. The first-order valence-electron chi connectivity index (χ1n) is 13.1. The van der Waals surface area contributed by atoms with E-state index in [9.17, 15) is 9.59 Å². The number of nitrogens with two attached hydrogens (primary N) is 1. The van der Waals surface area contributed by atoms with Crippen LogP contribution in [0.2, 0.25) is 0 Å². The van der Waals surface area contributed by atoms with Gasteiger partial charge in [-0.15, -0.1) is 11.3 Å². The van der Waals surface area contributed by atoms with Crippen molar-refractivity contribution in [2.24, 2.45) is 5.73 Å². The molecule has 4 aromatic rings. The topological polar surface area (TPSA) is 105 Å². The Morgan fingerprint density at radius 2 is 1.85 bits per heavy atom. The van der Waals surface area contributed by atoms with Gasteiger partial charge in [-0.05, 0) is 54.3 Å². The highest BCUT2D eigenvalue weighted by atomic mass is 32.1. The average molecular weight is 544 g/mol. The van der Waals surface area contributed by atoms with E-state index in [2.05, 4.69) is 50.3 Å². The Morgan fingerprint density at radius 1 is 1.08 bits per heavy atom. The van der Waals surface area contributed by atoms with Gasteiger partial charge >= 0.3 is 6.09 Å². The maximum atomic E-state index is 11.4. The van der Waals surface area contributed by atoms with Crippen LogP contribution in [0.1, 0.15) is 35.7 Å². The van der Waals surface area contributed by atoms with Crippen molar-refractivity contribution in [1.29, 1.82) is 0 Å². The maximum Gasteiger partial charge on any atom is 0.410 e. The second-order valence-electron chi connectivity index (χ2n) is 9.96. The van der Waals surface area contributed by atoms with Crippen LogP contribution in [-0.2, 0) is 11.3 Å². The van der Waals surface area contributed by atoms with Crippen LogP contribution in [0.15, 0.2) is 47.8 Å². The van der Waals surface area contributed by atoms with Gasteiger partial charge in [0.2, 0.25) is 0 Å². The number of ether oxygens (including phenoxy) is 1. The van der Waals surface area contributed by atoms with Crippen molar-refractivity contribution in [2.45, 2.75) is 26.8 Å². The van der Waals surface area contributed by atoms with Crippen molar-refractivity contribution < 1.29 is 14.3 Å². The number of primary amides is 1. The molecule has 1 aliphatic heterocycles. The number of hydrogen-bond acceptors (Lipinski definition) is 7. The molecule has 0 unspecified atom stereocenters. The first kappa shape index (κ1) is 26.8. The molecule has 2 aromatic heterocycles. The first-order valence-corrected chi connectivity index (χ1v) is 14.0. The fourth-order valence-corrected chi connectivity index (χ4v) is 5.91. The van der Waals surface area contributed by atoms with Gasteiger partial charge in [0.05, 0.1) is 11.2 Å². The lowest BCUT2D eigenvalue weighted by Gasteiger charge is -2.34. The summed E-state index contributed by atoms with van der Waals surface area (Å²) in [4.78, 5) is 27.6. The van der Waals surface area contributed by atoms with Gasteiger partial charge < -0.3 is 15.4 Å². The zero-order valence-electron chi connectivity index (χ0n) is 22.3. The van der Waals surface area contributed by atoms with E-state index in [1.165, 1.54) is 16.9 Å². The Labute approximate surface area is 232 Å². The van der Waals surface area contributed by atoms with Crippen molar-refractivity contribution >= 4 is 46.3 Å². The van der Waals surface area contributed by atoms with E-state index in [1.807, 2.05) is 36.6 Å². The Hall–Kier alpha value is -3.79. The summed E-state index contributed by atoms with van der Waals surface area (Å²) in [5.74, 6) is 0.243. The quantitative estimate of drug-likeness (QED) is 0.296. The normalized spacial score (nSPS) is 14.8. The maximum absolute atomic E-state index is 11.4. The van der Waals surface area contributed by atoms with Gasteiger partial charge in [0, 0.05) is 62.0 Å². The summed E-state index contributed by atoms with van der Waals surface area (Å²) in [5, 5.41) is 11.2. The number of rotatable bonds is 9. The molecule has 0 bridgehead atoms. The molecule has 1 fully saturated rings. The van der Waals surface area contributed by atoms with Crippen molar-refractivity contribution in [3.63, 3.8) is 0 Å². The number of carbonyl (C=O) groups is 2. The number of H-pyrrole nitrogens is 1. The zero-order valence-corrected chi connectivity index (χ0v) is 23.1. The van der Waals surface area contributed by atoms with Crippen LogP contribution < -0.4 is 10.5 Å². The number of fused-ring (bicyclic) bond motifs is 1. The smallest absolute Gasteiger partial charge is 0.399 e. The number of amides is 1. The Bertz CT molecular complexity index is 1510. The zero-order chi connectivity index (χ0) is 27.4. The number of hydrogen-bond donors (Lipinski definition) is 2. The second-order valence-corrected chi connectivity index (χ2v) is 10.8. The van der Waals surface area contributed by atoms with Crippen LogP contribution in [0.25, 0.3) is 34.2 Å². The highest BCUT2D eigenvalue weighted by Gasteiger charge is 2.19. The number of Topliss-reactive ketones (excluding diaryl/α,β-unsaturated/α-hetero) is 1. The molecule has 39 heavy (non-hydrogen) atoms. The number of aromatic nitrogens is 2. The molecule has 1 amide bonds. The molecule has 0 atom stereocenters. The highest BCUT2D eigenvalue weighted by molar-refractivity contribution is 7.12. The Kier molecular flexibility index (Phi) is 8.21. The summed E-state index contributed by atoms with van der Waals surface area (Å²) in [5.41, 5.74) is 12.4. The summed E-state index contributed by atoms with van der Waals surface area (Å²) in [6.45, 7) is 9.16. The van der Waals surface area contributed by atoms with Crippen LogP contribution in [0.5, 0.6) is 5.06 Å². The third-order valence-electron chi connectivity index (χ3n) is 7.17. The molecule has 202 valence electrons. The molecular formula is C30H33N5O3S. The number of aromatic amines is 1. The minimum Gasteiger partial charge on any atom is -0.399 e. The summed E-state index contributed by atoms with van der Waals surface area (Å²) < 4.78 is 5.24. The number of nitrogens with zero attached hydrogens (tertiary/aromatic N) is 3. The van der Waals surface area contributed by atoms with Crippen molar-refractivity contribution in [3.05, 3.63) is 70.2 Å². The first-order chi connectivity index (χ1) is 18.9. The number of ketones is 1. The molecule has 1 aliphatic rings. The largest absolute Gasteiger partial charge is 0.410 e. The third kappa shape index (κ3) is 6.44. The second kappa shape index (κ2) is 11.9. The highest BCUT2D eigenvalue weighted by Crippen LogP contribution is 2.39. The predicted molar refractivity (Wildman–Crippen MR) is 157 cm³/mol. The minimum absolute atomic E-state index is 0.243. The number of piperazine rings is 1. The van der Waals surface area contributed by atoms with Crippen molar-refractivity contribution in [2.75, 3.05) is 32.7 Å². The number of para-hydroxylation sites is 1. The number of nitrogens with one attached hydrogen (secondary N) is 1. The molecular weight excluding hydrogens is 510 g/mol. The molecule has 0 spiro atoms. The third-order valence-corrected chi connectivity index (χ3v) is 8.12. The molecule has 3 heterocycles. The summed E-state index contributed by atoms with van der Waals surface area (Å²) in [6, 6.07) is 14.6. The molecule has 0 saturated carbocycles. The predicted octanol–water partition coefficient (Wildman–Crippen LogP) is 5.32. The van der Waals surface area contributed by atoms with Crippen molar-refractivity contribution in [1.82, 2.24) is 20.0 Å². The van der Waals surface area contributed by atoms with Crippen LogP contribution in [0.4, 0.5) is 4.79 Å². The monoisotopic (exact) mass is 543 g/mol. The lowest BCUT2D eigenvalue weighted by Crippen LogP contribution is -2.46. The summed E-state index contributed by atoms with van der Waals surface area (Å²) in [7, 11) is 0. The van der Waals surface area contributed by atoms with Crippen molar-refractivity contribution in [3.8, 4) is 16.2 Å². The van der Waals surface area contributed by atoms with Crippen LogP contribution in [0.3, 0.4) is 0 Å². The fraction of sp³-hybridized carbons (Fsp3) is 0.300. The molecule has 2 aromatic carbocycles. The van der Waals surface area contributed by atoms with Gasteiger partial charge in [-0.25, -0.2) is 4.79 Å². The standard InChI is InChI=1S/C30H33N5O3S/c1-20(36)11-12-34-13-15-35(16-14-34)18-22-7-8-23(9-10-28-24-5-3-4-6-27(24)32-33-28)25(17-22)26-19-39-29(21(26)2)38-30(31)37/h3-10,17,19H,11-16,18H2,1-2H3,(H2,31,37)(H,32,33)/b10-9+. The van der Waals surface area contributed by atoms with E-state index in [-0.39, 0.29) is 5.78 Å². The van der Waals surface area contributed by atoms with E-state index >= 15 is 0 Å². The molecule has 1 saturated heterocycles. The van der Waals surface area contributed by atoms with Gasteiger partial charge in [-0.3, -0.25) is 14.8 Å². The minimum atomic E-state index is -0.812. The van der Waals surface area contributed by atoms with Gasteiger partial charge in [0.25, 0.3) is 0 Å². The van der Waals surface area contributed by atoms with E-state index in [0.29, 0.717) is 11.5 Å². The summed E-state index contributed by atoms with van der Waals surface area (Å²) in [6.07, 6.45) is 3.92. The van der Waals surface area contributed by atoms with Crippen LogP contribution >= 0.6 is 11.3 Å².